The monoisotopic (exact) mass is 259 g/mol. The molecule has 3 nitrogen and oxygen atoms in total. The lowest BCUT2D eigenvalue weighted by atomic mass is 9.97. The van der Waals surface area contributed by atoms with E-state index in [0.29, 0.717) is 12.0 Å². The van der Waals surface area contributed by atoms with Gasteiger partial charge in [0.25, 0.3) is 0 Å². The van der Waals surface area contributed by atoms with Crippen molar-refractivity contribution in [3.05, 3.63) is 18.2 Å². The van der Waals surface area contributed by atoms with Crippen LogP contribution in [0.4, 0.5) is 0 Å². The quantitative estimate of drug-likeness (QED) is 0.778. The maximum Gasteiger partial charge on any atom is 0.113 e. The number of hydrogen-bond acceptors (Lipinski definition) is 2. The summed E-state index contributed by atoms with van der Waals surface area (Å²) in [6.45, 7) is 9.73. The molecule has 1 unspecified atom stereocenters. The number of imidazole rings is 1. The van der Waals surface area contributed by atoms with Gasteiger partial charge in [-0.05, 0) is 33.2 Å². The Morgan fingerprint density at radius 2 is 2.26 bits per heavy atom. The van der Waals surface area contributed by atoms with Crippen LogP contribution in [-0.4, -0.2) is 34.1 Å². The lowest BCUT2D eigenvalue weighted by Gasteiger charge is -2.31. The Morgan fingerprint density at radius 3 is 3.00 bits per heavy atom. The van der Waals surface area contributed by atoms with E-state index in [1.165, 1.54) is 25.2 Å². The Labute approximate surface area is 117 Å². The van der Waals surface area contributed by atoms with Crippen LogP contribution in [0.25, 0.3) is 0 Å². The largest absolute Gasteiger partial charge is 0.332 e. The van der Waals surface area contributed by atoms with Crippen LogP contribution in [-0.2, 0) is 0 Å². The number of likely N-dealkylation sites (tertiary alicyclic amines) is 1. The predicted molar refractivity (Wildman–Crippen MR) is 79.1 cm³/mol. The summed E-state index contributed by atoms with van der Waals surface area (Å²) in [7, 11) is 0. The molecule has 0 saturated carbocycles. The number of rotatable bonds is 3. The molecule has 1 saturated heterocycles. The lowest BCUT2D eigenvalue weighted by molar-refractivity contribution is 0.223. The van der Waals surface area contributed by atoms with Crippen LogP contribution in [0.2, 0.25) is 0 Å². The minimum absolute atomic E-state index is 0.493. The number of piperidine rings is 1. The van der Waals surface area contributed by atoms with Gasteiger partial charge in [0.05, 0.1) is 6.54 Å². The van der Waals surface area contributed by atoms with Gasteiger partial charge in [0.1, 0.15) is 5.82 Å². The molecule has 1 aromatic rings. The Kier molecular flexibility index (Phi) is 5.04. The standard InChI is InChI=1S/C16H25N3/c1-4-5-6-10-18-11-7-8-15(13-18)16-17-9-12-19(16)14(2)3/h9,12,14-15H,4,7-8,10-11,13H2,1-3H3. The third-order valence-corrected chi connectivity index (χ3v) is 3.73. The van der Waals surface area contributed by atoms with Gasteiger partial charge in [0, 0.05) is 37.3 Å². The Hall–Kier alpha value is -1.27. The molecule has 0 N–H and O–H groups in total. The van der Waals surface area contributed by atoms with E-state index < -0.39 is 0 Å². The van der Waals surface area contributed by atoms with E-state index in [1.807, 2.05) is 6.20 Å². The van der Waals surface area contributed by atoms with Gasteiger partial charge in [0.15, 0.2) is 0 Å². The average Bonchev–Trinajstić information content (AvgIpc) is 2.89. The summed E-state index contributed by atoms with van der Waals surface area (Å²) >= 11 is 0. The molecule has 1 aromatic heterocycles. The van der Waals surface area contributed by atoms with Gasteiger partial charge in [-0.25, -0.2) is 4.98 Å². The first-order chi connectivity index (χ1) is 9.22. The normalized spacial score (nSPS) is 20.3. The van der Waals surface area contributed by atoms with Crippen LogP contribution in [0.3, 0.4) is 0 Å². The van der Waals surface area contributed by atoms with E-state index in [9.17, 15) is 0 Å². The zero-order valence-electron chi connectivity index (χ0n) is 12.4. The van der Waals surface area contributed by atoms with Gasteiger partial charge in [0.2, 0.25) is 0 Å². The molecule has 3 heteroatoms. The zero-order chi connectivity index (χ0) is 13.7. The van der Waals surface area contributed by atoms with Crippen molar-refractivity contribution in [2.24, 2.45) is 0 Å². The van der Waals surface area contributed by atoms with Crippen molar-refractivity contribution in [3.63, 3.8) is 0 Å². The van der Waals surface area contributed by atoms with Gasteiger partial charge < -0.3 is 4.57 Å². The summed E-state index contributed by atoms with van der Waals surface area (Å²) in [4.78, 5) is 7.06. The van der Waals surface area contributed by atoms with Crippen molar-refractivity contribution >= 4 is 0 Å². The van der Waals surface area contributed by atoms with E-state index >= 15 is 0 Å². The Balaban J connectivity index is 2.02. The molecule has 19 heavy (non-hydrogen) atoms. The van der Waals surface area contributed by atoms with Crippen LogP contribution >= 0.6 is 0 Å². The maximum absolute atomic E-state index is 4.59. The van der Waals surface area contributed by atoms with E-state index in [2.05, 4.69) is 53.3 Å². The molecule has 0 bridgehead atoms. The van der Waals surface area contributed by atoms with Crippen molar-refractivity contribution in [1.29, 1.82) is 0 Å². The van der Waals surface area contributed by atoms with Crippen molar-refractivity contribution in [2.75, 3.05) is 19.6 Å². The van der Waals surface area contributed by atoms with Crippen LogP contribution in [0.5, 0.6) is 0 Å². The third-order valence-electron chi connectivity index (χ3n) is 3.73. The highest BCUT2D eigenvalue weighted by Gasteiger charge is 2.24. The number of aromatic nitrogens is 2. The van der Waals surface area contributed by atoms with Crippen LogP contribution < -0.4 is 0 Å². The summed E-state index contributed by atoms with van der Waals surface area (Å²) in [5, 5.41) is 0. The second-order valence-electron chi connectivity index (χ2n) is 5.57. The SMILES string of the molecule is CCC#CCN1CCCC(c2nccn2C(C)C)C1. The molecule has 1 fully saturated rings. The molecule has 0 radical (unpaired) electrons. The molecule has 2 rings (SSSR count). The Bertz CT molecular complexity index is 450. The highest BCUT2D eigenvalue weighted by Crippen LogP contribution is 2.27. The van der Waals surface area contributed by atoms with Gasteiger partial charge >= 0.3 is 0 Å². The van der Waals surface area contributed by atoms with Gasteiger partial charge in [-0.15, -0.1) is 5.92 Å². The fraction of sp³-hybridized carbons (Fsp3) is 0.688. The summed E-state index contributed by atoms with van der Waals surface area (Å²) in [6, 6.07) is 0.493. The van der Waals surface area contributed by atoms with E-state index in [4.69, 9.17) is 0 Å². The second-order valence-corrected chi connectivity index (χ2v) is 5.57. The van der Waals surface area contributed by atoms with E-state index in [-0.39, 0.29) is 0 Å². The molecule has 104 valence electrons. The van der Waals surface area contributed by atoms with Crippen LogP contribution in [0.1, 0.15) is 57.8 Å². The Morgan fingerprint density at radius 1 is 1.42 bits per heavy atom. The van der Waals surface area contributed by atoms with Crippen molar-refractivity contribution in [3.8, 4) is 11.8 Å². The van der Waals surface area contributed by atoms with Crippen molar-refractivity contribution in [1.82, 2.24) is 14.5 Å². The highest BCUT2D eigenvalue weighted by atomic mass is 15.1. The molecule has 1 atom stereocenters. The molecular formula is C16H25N3. The minimum atomic E-state index is 0.493. The van der Waals surface area contributed by atoms with E-state index in [0.717, 1.165) is 19.5 Å². The van der Waals surface area contributed by atoms with Gasteiger partial charge in [-0.3, -0.25) is 4.90 Å². The zero-order valence-corrected chi connectivity index (χ0v) is 12.4. The summed E-state index contributed by atoms with van der Waals surface area (Å²) in [5.74, 6) is 8.24. The predicted octanol–water partition coefficient (Wildman–Crippen LogP) is 3.06. The summed E-state index contributed by atoms with van der Waals surface area (Å²) in [6.07, 6.45) is 7.50. The van der Waals surface area contributed by atoms with Gasteiger partial charge in [-0.2, -0.15) is 0 Å². The first-order valence-electron chi connectivity index (χ1n) is 7.43. The maximum atomic E-state index is 4.59. The smallest absolute Gasteiger partial charge is 0.113 e. The molecule has 1 aliphatic heterocycles. The lowest BCUT2D eigenvalue weighted by Crippen LogP contribution is -2.35. The average molecular weight is 259 g/mol. The topological polar surface area (TPSA) is 21.1 Å². The fourth-order valence-electron chi connectivity index (χ4n) is 2.78. The van der Waals surface area contributed by atoms with Crippen molar-refractivity contribution in [2.45, 2.75) is 52.0 Å². The summed E-state index contributed by atoms with van der Waals surface area (Å²) < 4.78 is 2.31. The highest BCUT2D eigenvalue weighted by molar-refractivity contribution is 5.06. The van der Waals surface area contributed by atoms with E-state index in [1.54, 1.807) is 0 Å². The third kappa shape index (κ3) is 3.61. The molecular weight excluding hydrogens is 234 g/mol. The summed E-state index contributed by atoms with van der Waals surface area (Å²) in [5.41, 5.74) is 0. The van der Waals surface area contributed by atoms with Crippen LogP contribution in [0, 0.1) is 11.8 Å². The fourth-order valence-corrected chi connectivity index (χ4v) is 2.78. The van der Waals surface area contributed by atoms with Crippen molar-refractivity contribution < 1.29 is 0 Å². The molecule has 0 spiro atoms. The molecule has 1 aliphatic rings. The molecule has 0 amide bonds. The first-order valence-corrected chi connectivity index (χ1v) is 7.43. The molecule has 0 aliphatic carbocycles. The number of nitrogens with zero attached hydrogens (tertiary/aromatic N) is 3. The number of hydrogen-bond donors (Lipinski definition) is 0. The minimum Gasteiger partial charge on any atom is -0.332 e. The first kappa shape index (κ1) is 14.1. The molecule has 0 aromatic carbocycles. The molecule has 2 heterocycles. The van der Waals surface area contributed by atoms with Crippen LogP contribution in [0.15, 0.2) is 12.4 Å². The van der Waals surface area contributed by atoms with Gasteiger partial charge in [-0.1, -0.05) is 12.8 Å². The second kappa shape index (κ2) is 6.77.